The molecule has 0 spiro atoms. The lowest BCUT2D eigenvalue weighted by Gasteiger charge is -2.16. The fourth-order valence-electron chi connectivity index (χ4n) is 3.49. The van der Waals surface area contributed by atoms with Crippen molar-refractivity contribution in [1.82, 2.24) is 0 Å². The second-order valence-corrected chi connectivity index (χ2v) is 6.20. The highest BCUT2D eigenvalue weighted by atomic mass is 16.5. The number of aryl methyl sites for hydroxylation is 1. The van der Waals surface area contributed by atoms with E-state index >= 15 is 0 Å². The topological polar surface area (TPSA) is 9.23 Å². The van der Waals surface area contributed by atoms with E-state index in [-0.39, 0.29) is 6.10 Å². The first-order chi connectivity index (χ1) is 11.3. The zero-order valence-electron chi connectivity index (χ0n) is 13.3. The molecule has 1 heteroatoms. The molecule has 3 aromatic carbocycles. The van der Waals surface area contributed by atoms with E-state index in [0.29, 0.717) is 0 Å². The van der Waals surface area contributed by atoms with Crippen LogP contribution in [0.5, 0.6) is 5.75 Å². The molecule has 0 saturated carbocycles. The number of benzene rings is 3. The van der Waals surface area contributed by atoms with E-state index in [0.717, 1.165) is 18.6 Å². The van der Waals surface area contributed by atoms with Crippen molar-refractivity contribution < 1.29 is 4.74 Å². The van der Waals surface area contributed by atoms with E-state index in [1.54, 1.807) is 0 Å². The molecule has 0 saturated heterocycles. The van der Waals surface area contributed by atoms with Gasteiger partial charge in [-0.3, -0.25) is 0 Å². The summed E-state index contributed by atoms with van der Waals surface area (Å²) >= 11 is 0. The van der Waals surface area contributed by atoms with E-state index < -0.39 is 0 Å². The summed E-state index contributed by atoms with van der Waals surface area (Å²) in [5.41, 5.74) is 6.75. The van der Waals surface area contributed by atoms with Gasteiger partial charge in [-0.15, -0.1) is 0 Å². The second kappa shape index (κ2) is 5.92. The van der Waals surface area contributed by atoms with E-state index in [1.807, 2.05) is 30.3 Å². The number of para-hydroxylation sites is 1. The van der Waals surface area contributed by atoms with Gasteiger partial charge in [0.15, 0.2) is 0 Å². The average molecular weight is 300 g/mol. The van der Waals surface area contributed by atoms with Crippen LogP contribution in [0.4, 0.5) is 0 Å². The van der Waals surface area contributed by atoms with Gasteiger partial charge in [-0.05, 0) is 54.2 Å². The lowest BCUT2D eigenvalue weighted by Crippen LogP contribution is -2.03. The number of hydrogen-bond donors (Lipinski definition) is 0. The number of rotatable bonds is 3. The largest absolute Gasteiger partial charge is 0.486 e. The van der Waals surface area contributed by atoms with E-state index in [9.17, 15) is 0 Å². The molecule has 0 radical (unpaired) electrons. The Balaban J connectivity index is 1.69. The van der Waals surface area contributed by atoms with Crippen LogP contribution < -0.4 is 4.74 Å². The second-order valence-electron chi connectivity index (χ2n) is 6.20. The van der Waals surface area contributed by atoms with Gasteiger partial charge in [-0.25, -0.2) is 0 Å². The summed E-state index contributed by atoms with van der Waals surface area (Å²) in [6.45, 7) is 2.15. The summed E-state index contributed by atoms with van der Waals surface area (Å²) in [5.74, 6) is 0.950. The molecule has 0 heterocycles. The number of fused-ring (bicyclic) bond motifs is 1. The molecule has 0 amide bonds. The van der Waals surface area contributed by atoms with Gasteiger partial charge < -0.3 is 4.74 Å². The van der Waals surface area contributed by atoms with Gasteiger partial charge in [0.05, 0.1) is 0 Å². The van der Waals surface area contributed by atoms with Crippen LogP contribution in [0.3, 0.4) is 0 Å². The quantitative estimate of drug-likeness (QED) is 0.600. The van der Waals surface area contributed by atoms with Gasteiger partial charge in [0, 0.05) is 0 Å². The normalized spacial score (nSPS) is 16.1. The van der Waals surface area contributed by atoms with Crippen LogP contribution in [-0.2, 0) is 6.42 Å². The minimum absolute atomic E-state index is 0.164. The summed E-state index contributed by atoms with van der Waals surface area (Å²) in [5, 5.41) is 0. The molecule has 114 valence electrons. The zero-order chi connectivity index (χ0) is 15.6. The maximum atomic E-state index is 6.22. The SMILES string of the molecule is Cc1cccc(-c2cccc3c2CCC3Oc2ccccc2)c1. The average Bonchev–Trinajstić information content (AvgIpc) is 2.99. The molecule has 0 N–H and O–H groups in total. The molecule has 23 heavy (non-hydrogen) atoms. The Bertz CT molecular complexity index is 820. The Morgan fingerprint density at radius 2 is 1.70 bits per heavy atom. The highest BCUT2D eigenvalue weighted by Gasteiger charge is 2.26. The lowest BCUT2D eigenvalue weighted by atomic mass is 9.96. The Hall–Kier alpha value is -2.54. The summed E-state index contributed by atoms with van der Waals surface area (Å²) in [6.07, 6.45) is 2.29. The smallest absolute Gasteiger partial charge is 0.124 e. The van der Waals surface area contributed by atoms with Crippen molar-refractivity contribution in [3.63, 3.8) is 0 Å². The van der Waals surface area contributed by atoms with Gasteiger partial charge in [0.2, 0.25) is 0 Å². The molecule has 1 nitrogen and oxygen atoms in total. The summed E-state index contributed by atoms with van der Waals surface area (Å²) in [4.78, 5) is 0. The molecule has 0 fully saturated rings. The predicted molar refractivity (Wildman–Crippen MR) is 94.7 cm³/mol. The van der Waals surface area contributed by atoms with Crippen LogP contribution in [-0.4, -0.2) is 0 Å². The maximum absolute atomic E-state index is 6.22. The first-order valence-corrected chi connectivity index (χ1v) is 8.22. The van der Waals surface area contributed by atoms with Crippen LogP contribution >= 0.6 is 0 Å². The standard InChI is InChI=1S/C22H20O/c1-16-7-5-8-17(15-16)19-11-6-12-21-20(19)13-14-22(21)23-18-9-3-2-4-10-18/h2-12,15,22H,13-14H2,1H3. The highest BCUT2D eigenvalue weighted by molar-refractivity contribution is 5.70. The Labute approximate surface area is 137 Å². The molecule has 1 atom stereocenters. The molecular formula is C22H20O. The predicted octanol–water partition coefficient (Wildman–Crippen LogP) is 5.73. The van der Waals surface area contributed by atoms with Gasteiger partial charge in [-0.2, -0.15) is 0 Å². The van der Waals surface area contributed by atoms with Crippen molar-refractivity contribution in [2.75, 3.05) is 0 Å². The first kappa shape index (κ1) is 14.1. The lowest BCUT2D eigenvalue weighted by molar-refractivity contribution is 0.207. The molecule has 1 unspecified atom stereocenters. The summed E-state index contributed by atoms with van der Waals surface area (Å²) < 4.78 is 6.22. The van der Waals surface area contributed by atoms with Crippen LogP contribution in [0.1, 0.15) is 29.2 Å². The van der Waals surface area contributed by atoms with Crippen molar-refractivity contribution in [2.45, 2.75) is 25.9 Å². The van der Waals surface area contributed by atoms with Gasteiger partial charge >= 0.3 is 0 Å². The number of ether oxygens (including phenoxy) is 1. The van der Waals surface area contributed by atoms with Crippen molar-refractivity contribution in [1.29, 1.82) is 0 Å². The Morgan fingerprint density at radius 3 is 2.52 bits per heavy atom. The van der Waals surface area contributed by atoms with Crippen molar-refractivity contribution in [2.24, 2.45) is 0 Å². The van der Waals surface area contributed by atoms with Gasteiger partial charge in [0.25, 0.3) is 0 Å². The minimum Gasteiger partial charge on any atom is -0.486 e. The van der Waals surface area contributed by atoms with E-state index in [2.05, 4.69) is 49.4 Å². The Kier molecular flexibility index (Phi) is 3.63. The molecule has 1 aliphatic carbocycles. The molecular weight excluding hydrogens is 280 g/mol. The van der Waals surface area contributed by atoms with Crippen molar-refractivity contribution in [3.8, 4) is 16.9 Å². The zero-order valence-corrected chi connectivity index (χ0v) is 13.3. The third kappa shape index (κ3) is 2.75. The van der Waals surface area contributed by atoms with Gasteiger partial charge in [0.1, 0.15) is 11.9 Å². The van der Waals surface area contributed by atoms with Crippen LogP contribution in [0.15, 0.2) is 72.8 Å². The van der Waals surface area contributed by atoms with Gasteiger partial charge in [-0.1, -0.05) is 66.2 Å². The Morgan fingerprint density at radius 1 is 0.870 bits per heavy atom. The third-order valence-corrected chi connectivity index (χ3v) is 4.57. The van der Waals surface area contributed by atoms with Crippen LogP contribution in [0.2, 0.25) is 0 Å². The van der Waals surface area contributed by atoms with E-state index in [1.165, 1.54) is 27.8 Å². The van der Waals surface area contributed by atoms with E-state index in [4.69, 9.17) is 4.74 Å². The fourth-order valence-corrected chi connectivity index (χ4v) is 3.49. The first-order valence-electron chi connectivity index (χ1n) is 8.22. The maximum Gasteiger partial charge on any atom is 0.124 e. The number of hydrogen-bond acceptors (Lipinski definition) is 1. The molecule has 3 aromatic rings. The molecule has 4 rings (SSSR count). The summed E-state index contributed by atoms with van der Waals surface area (Å²) in [6, 6.07) is 25.5. The minimum atomic E-state index is 0.164. The highest BCUT2D eigenvalue weighted by Crippen LogP contribution is 2.40. The molecule has 0 aliphatic heterocycles. The van der Waals surface area contributed by atoms with Crippen LogP contribution in [0, 0.1) is 6.92 Å². The molecule has 0 bridgehead atoms. The van der Waals surface area contributed by atoms with Crippen LogP contribution in [0.25, 0.3) is 11.1 Å². The third-order valence-electron chi connectivity index (χ3n) is 4.57. The summed E-state index contributed by atoms with van der Waals surface area (Å²) in [7, 11) is 0. The van der Waals surface area contributed by atoms with Crippen molar-refractivity contribution in [3.05, 3.63) is 89.5 Å². The fraction of sp³-hybridized carbons (Fsp3) is 0.182. The monoisotopic (exact) mass is 300 g/mol. The molecule has 0 aromatic heterocycles. The van der Waals surface area contributed by atoms with Crippen molar-refractivity contribution >= 4 is 0 Å². The molecule has 1 aliphatic rings.